The highest BCUT2D eigenvalue weighted by Gasteiger charge is 2.33. The van der Waals surface area contributed by atoms with Gasteiger partial charge in [-0.15, -0.1) is 11.8 Å². The number of carbonyl (C=O) groups is 1. The van der Waals surface area contributed by atoms with Crippen molar-refractivity contribution >= 4 is 18.0 Å². The molecular weight excluding hydrogens is 258 g/mol. The number of nitrogens with zero attached hydrogens (tertiary/aromatic N) is 1. The molecule has 0 aliphatic carbocycles. The van der Waals surface area contributed by atoms with Gasteiger partial charge in [0.15, 0.2) is 0 Å². The fourth-order valence-electron chi connectivity index (χ4n) is 2.50. The maximum absolute atomic E-state index is 10.5. The lowest BCUT2D eigenvalue weighted by atomic mass is 9.94. The van der Waals surface area contributed by atoms with Crippen LogP contribution in [0.25, 0.3) is 0 Å². The monoisotopic (exact) mass is 279 g/mol. The van der Waals surface area contributed by atoms with Crippen LogP contribution in [0.4, 0.5) is 0 Å². The van der Waals surface area contributed by atoms with Crippen molar-refractivity contribution in [3.63, 3.8) is 0 Å². The van der Waals surface area contributed by atoms with E-state index in [0.717, 1.165) is 32.5 Å². The van der Waals surface area contributed by atoms with E-state index in [9.17, 15) is 4.79 Å². The molecule has 0 radical (unpaired) electrons. The molecule has 2 rings (SSSR count). The lowest BCUT2D eigenvalue weighted by Gasteiger charge is -2.40. The van der Waals surface area contributed by atoms with Gasteiger partial charge in [-0.25, -0.2) is 0 Å². The van der Waals surface area contributed by atoms with E-state index in [1.54, 1.807) is 11.8 Å². The van der Waals surface area contributed by atoms with Gasteiger partial charge >= 0.3 is 0 Å². The van der Waals surface area contributed by atoms with E-state index in [1.165, 1.54) is 10.5 Å². The molecule has 1 heterocycles. The Morgan fingerprint density at radius 2 is 2.16 bits per heavy atom. The van der Waals surface area contributed by atoms with Crippen LogP contribution in [0.2, 0.25) is 0 Å². The molecule has 0 aromatic heterocycles. The molecular formula is C15H21NO2S. The van der Waals surface area contributed by atoms with Gasteiger partial charge in [-0.3, -0.25) is 4.90 Å². The summed E-state index contributed by atoms with van der Waals surface area (Å²) in [5.41, 5.74) is 0.944. The molecule has 0 saturated carbocycles. The Kier molecular flexibility index (Phi) is 5.02. The topological polar surface area (TPSA) is 29.5 Å². The normalized spacial score (nSPS) is 24.3. The summed E-state index contributed by atoms with van der Waals surface area (Å²) in [6, 6.07) is 8.57. The fourth-order valence-corrected chi connectivity index (χ4v) is 2.90. The van der Waals surface area contributed by atoms with Crippen LogP contribution >= 0.6 is 11.8 Å². The smallest absolute Gasteiger partial charge is 0.121 e. The maximum atomic E-state index is 10.5. The van der Waals surface area contributed by atoms with Crippen molar-refractivity contribution in [1.29, 1.82) is 0 Å². The number of morpholine rings is 1. The van der Waals surface area contributed by atoms with E-state index < -0.39 is 0 Å². The van der Waals surface area contributed by atoms with E-state index >= 15 is 0 Å². The van der Waals surface area contributed by atoms with Crippen molar-refractivity contribution in [3.8, 4) is 0 Å². The van der Waals surface area contributed by atoms with E-state index in [2.05, 4.69) is 42.3 Å². The summed E-state index contributed by atoms with van der Waals surface area (Å²) in [6.45, 7) is 5.44. The van der Waals surface area contributed by atoms with Crippen LogP contribution in [0.3, 0.4) is 0 Å². The van der Waals surface area contributed by atoms with Crippen molar-refractivity contribution < 1.29 is 9.53 Å². The van der Waals surface area contributed by atoms with Gasteiger partial charge < -0.3 is 9.53 Å². The van der Waals surface area contributed by atoms with E-state index in [0.29, 0.717) is 6.42 Å². The minimum atomic E-state index is -0.266. The second kappa shape index (κ2) is 6.55. The predicted molar refractivity (Wildman–Crippen MR) is 78.6 cm³/mol. The Morgan fingerprint density at radius 3 is 2.79 bits per heavy atom. The van der Waals surface area contributed by atoms with Crippen molar-refractivity contribution in [3.05, 3.63) is 29.8 Å². The van der Waals surface area contributed by atoms with Crippen LogP contribution in [-0.2, 0) is 15.1 Å². The van der Waals surface area contributed by atoms with E-state index in [1.807, 2.05) is 0 Å². The molecule has 0 bridgehead atoms. The second-order valence-electron chi connectivity index (χ2n) is 5.04. The summed E-state index contributed by atoms with van der Waals surface area (Å²) in [5.74, 6) is 0. The Labute approximate surface area is 119 Å². The summed E-state index contributed by atoms with van der Waals surface area (Å²) < 4.78 is 6.00. The zero-order valence-electron chi connectivity index (χ0n) is 11.6. The number of rotatable bonds is 5. The first-order valence-electron chi connectivity index (χ1n) is 6.62. The maximum Gasteiger partial charge on any atom is 0.121 e. The Bertz CT molecular complexity index is 421. The van der Waals surface area contributed by atoms with Gasteiger partial charge in [0.25, 0.3) is 0 Å². The van der Waals surface area contributed by atoms with Gasteiger partial charge in [-0.1, -0.05) is 12.1 Å². The number of ether oxygens (including phenoxy) is 1. The Balaban J connectivity index is 2.09. The number of aldehydes is 1. The van der Waals surface area contributed by atoms with Gasteiger partial charge in [-0.05, 0) is 30.9 Å². The summed E-state index contributed by atoms with van der Waals surface area (Å²) in [5, 5.41) is 0. The molecule has 1 aliphatic heterocycles. The van der Waals surface area contributed by atoms with E-state index in [-0.39, 0.29) is 5.60 Å². The largest absolute Gasteiger partial charge is 0.368 e. The molecule has 19 heavy (non-hydrogen) atoms. The minimum Gasteiger partial charge on any atom is -0.368 e. The molecule has 1 unspecified atom stereocenters. The third kappa shape index (κ3) is 3.59. The third-order valence-electron chi connectivity index (χ3n) is 3.62. The highest BCUT2D eigenvalue weighted by Crippen LogP contribution is 2.30. The van der Waals surface area contributed by atoms with Crippen LogP contribution in [0, 0.1) is 0 Å². The lowest BCUT2D eigenvalue weighted by molar-refractivity contribution is -0.113. The summed E-state index contributed by atoms with van der Waals surface area (Å²) in [4.78, 5) is 14.1. The number of carbonyl (C=O) groups excluding carboxylic acids is 1. The first kappa shape index (κ1) is 14.6. The highest BCUT2D eigenvalue weighted by atomic mass is 32.2. The number of hydrogen-bond donors (Lipinski definition) is 0. The van der Waals surface area contributed by atoms with Crippen LogP contribution < -0.4 is 0 Å². The lowest BCUT2D eigenvalue weighted by Crippen LogP contribution is -2.48. The van der Waals surface area contributed by atoms with Crippen molar-refractivity contribution in [1.82, 2.24) is 4.90 Å². The summed E-state index contributed by atoms with van der Waals surface area (Å²) >= 11 is 1.74. The standard InChI is InChI=1S/C15H21NO2S/c1-15(13-4-6-14(19-2)7-5-13)12-16(8-3-10-17)9-11-18-15/h4-7,10H,3,8-9,11-12H2,1-2H3. The van der Waals surface area contributed by atoms with Gasteiger partial charge in [0, 0.05) is 31.0 Å². The first-order chi connectivity index (χ1) is 9.18. The molecule has 4 heteroatoms. The van der Waals surface area contributed by atoms with Crippen LogP contribution in [0.15, 0.2) is 29.2 Å². The SMILES string of the molecule is CSc1ccc(C2(C)CN(CCC=O)CCO2)cc1. The molecule has 3 nitrogen and oxygen atoms in total. The van der Waals surface area contributed by atoms with Crippen LogP contribution in [0.1, 0.15) is 18.9 Å². The fraction of sp³-hybridized carbons (Fsp3) is 0.533. The number of hydrogen-bond acceptors (Lipinski definition) is 4. The molecule has 1 aromatic rings. The third-order valence-corrected chi connectivity index (χ3v) is 4.36. The zero-order chi connectivity index (χ0) is 13.7. The molecule has 1 aliphatic rings. The molecule has 0 amide bonds. The second-order valence-corrected chi connectivity index (χ2v) is 5.92. The Hall–Kier alpha value is -0.840. The van der Waals surface area contributed by atoms with Gasteiger partial charge in [0.1, 0.15) is 11.9 Å². The number of thioether (sulfide) groups is 1. The minimum absolute atomic E-state index is 0.266. The Morgan fingerprint density at radius 1 is 1.42 bits per heavy atom. The molecule has 1 saturated heterocycles. The van der Waals surface area contributed by atoms with Crippen molar-refractivity contribution in [2.75, 3.05) is 32.5 Å². The molecule has 1 atom stereocenters. The molecule has 0 spiro atoms. The molecule has 1 aromatic carbocycles. The van der Waals surface area contributed by atoms with Crippen LogP contribution in [0.5, 0.6) is 0 Å². The van der Waals surface area contributed by atoms with Gasteiger partial charge in [0.2, 0.25) is 0 Å². The van der Waals surface area contributed by atoms with Crippen molar-refractivity contribution in [2.45, 2.75) is 23.8 Å². The zero-order valence-corrected chi connectivity index (χ0v) is 12.4. The molecule has 104 valence electrons. The predicted octanol–water partition coefficient (Wildman–Crippen LogP) is 2.54. The van der Waals surface area contributed by atoms with Crippen molar-refractivity contribution in [2.24, 2.45) is 0 Å². The van der Waals surface area contributed by atoms with Gasteiger partial charge in [-0.2, -0.15) is 0 Å². The summed E-state index contributed by atoms with van der Waals surface area (Å²) in [7, 11) is 0. The highest BCUT2D eigenvalue weighted by molar-refractivity contribution is 7.98. The molecule has 1 fully saturated rings. The average Bonchev–Trinajstić information content (AvgIpc) is 2.45. The van der Waals surface area contributed by atoms with Gasteiger partial charge in [0.05, 0.1) is 6.61 Å². The van der Waals surface area contributed by atoms with E-state index in [4.69, 9.17) is 4.74 Å². The van der Waals surface area contributed by atoms with Crippen LogP contribution in [-0.4, -0.2) is 43.7 Å². The summed E-state index contributed by atoms with van der Waals surface area (Å²) in [6.07, 6.45) is 3.66. The molecule has 0 N–H and O–H groups in total. The quantitative estimate of drug-likeness (QED) is 0.612. The first-order valence-corrected chi connectivity index (χ1v) is 7.85. The number of benzene rings is 1. The average molecular weight is 279 g/mol.